The quantitative estimate of drug-likeness (QED) is 0.713. The maximum atomic E-state index is 4.69. The summed E-state index contributed by atoms with van der Waals surface area (Å²) in [7, 11) is 3.97. The van der Waals surface area contributed by atoms with Crippen LogP contribution in [0.3, 0.4) is 0 Å². The van der Waals surface area contributed by atoms with Crippen molar-refractivity contribution in [2.75, 3.05) is 37.0 Å². The number of fused-ring (bicyclic) bond motifs is 1. The van der Waals surface area contributed by atoms with E-state index in [0.717, 1.165) is 60.6 Å². The molecule has 0 N–H and O–H groups in total. The van der Waals surface area contributed by atoms with Gasteiger partial charge in [0.1, 0.15) is 5.82 Å². The van der Waals surface area contributed by atoms with Gasteiger partial charge in [-0.15, -0.1) is 15.3 Å². The Morgan fingerprint density at radius 1 is 1.00 bits per heavy atom. The monoisotopic (exact) mass is 352 g/mol. The molecule has 0 aliphatic carbocycles. The van der Waals surface area contributed by atoms with Crippen molar-refractivity contribution >= 4 is 17.4 Å². The van der Waals surface area contributed by atoms with Crippen molar-refractivity contribution in [3.63, 3.8) is 0 Å². The Labute approximate surface area is 152 Å². The van der Waals surface area contributed by atoms with Crippen molar-refractivity contribution in [1.29, 1.82) is 0 Å². The zero-order chi connectivity index (χ0) is 18.3. The fraction of sp³-hybridized carbons (Fsp3) is 0.500. The van der Waals surface area contributed by atoms with E-state index < -0.39 is 0 Å². The Morgan fingerprint density at radius 3 is 2.35 bits per heavy atom. The molecule has 0 amide bonds. The molecule has 1 aliphatic heterocycles. The van der Waals surface area contributed by atoms with Gasteiger partial charge in [0.15, 0.2) is 11.5 Å². The standard InChI is InChI=1S/C18H24N8/c1-12-11-13(2)20-18(19-12)25-9-7-14(8-10-25)17-22-21-15-5-6-16(24(3)4)23-26(15)17/h5-6,11,14H,7-10H2,1-4H3. The largest absolute Gasteiger partial charge is 0.361 e. The van der Waals surface area contributed by atoms with Crippen LogP contribution in [-0.4, -0.2) is 57.0 Å². The van der Waals surface area contributed by atoms with Crippen LogP contribution >= 0.6 is 0 Å². The smallest absolute Gasteiger partial charge is 0.225 e. The van der Waals surface area contributed by atoms with E-state index >= 15 is 0 Å². The van der Waals surface area contributed by atoms with E-state index in [0.29, 0.717) is 5.92 Å². The molecule has 1 fully saturated rings. The molecule has 8 nitrogen and oxygen atoms in total. The molecule has 3 aromatic heterocycles. The third-order valence-electron chi connectivity index (χ3n) is 4.84. The van der Waals surface area contributed by atoms with E-state index in [-0.39, 0.29) is 0 Å². The summed E-state index contributed by atoms with van der Waals surface area (Å²) in [4.78, 5) is 13.4. The second-order valence-corrected chi connectivity index (χ2v) is 7.13. The molecule has 4 heterocycles. The summed E-state index contributed by atoms with van der Waals surface area (Å²) in [6.45, 7) is 5.86. The molecule has 0 radical (unpaired) electrons. The summed E-state index contributed by atoms with van der Waals surface area (Å²) in [5.41, 5.74) is 2.82. The lowest BCUT2D eigenvalue weighted by Gasteiger charge is -2.31. The highest BCUT2D eigenvalue weighted by Crippen LogP contribution is 2.28. The highest BCUT2D eigenvalue weighted by molar-refractivity contribution is 5.45. The van der Waals surface area contributed by atoms with E-state index in [1.807, 2.05) is 55.6 Å². The lowest BCUT2D eigenvalue weighted by Crippen LogP contribution is -2.35. The van der Waals surface area contributed by atoms with Crippen molar-refractivity contribution in [2.24, 2.45) is 0 Å². The maximum absolute atomic E-state index is 4.69. The Morgan fingerprint density at radius 2 is 1.69 bits per heavy atom. The molecule has 1 aliphatic rings. The lowest BCUT2D eigenvalue weighted by molar-refractivity contribution is 0.472. The van der Waals surface area contributed by atoms with Crippen molar-refractivity contribution in [1.82, 2.24) is 29.8 Å². The zero-order valence-corrected chi connectivity index (χ0v) is 15.7. The van der Waals surface area contributed by atoms with Crippen LogP contribution in [0.4, 0.5) is 11.8 Å². The molecule has 0 aromatic carbocycles. The minimum absolute atomic E-state index is 0.345. The zero-order valence-electron chi connectivity index (χ0n) is 15.7. The number of hydrogen-bond donors (Lipinski definition) is 0. The molecule has 0 spiro atoms. The topological polar surface area (TPSA) is 75.3 Å². The van der Waals surface area contributed by atoms with Crippen LogP contribution in [0.1, 0.15) is 36.0 Å². The molecule has 0 atom stereocenters. The first kappa shape index (κ1) is 16.7. The van der Waals surface area contributed by atoms with E-state index in [1.165, 1.54) is 0 Å². The van der Waals surface area contributed by atoms with Gasteiger partial charge in [0.25, 0.3) is 0 Å². The molecule has 1 saturated heterocycles. The molecule has 8 heteroatoms. The van der Waals surface area contributed by atoms with Gasteiger partial charge in [-0.25, -0.2) is 9.97 Å². The average molecular weight is 352 g/mol. The second kappa shape index (κ2) is 6.51. The molecule has 4 rings (SSSR count). The first-order valence-electron chi connectivity index (χ1n) is 8.98. The van der Waals surface area contributed by atoms with Gasteiger partial charge in [0.05, 0.1) is 0 Å². The first-order valence-corrected chi connectivity index (χ1v) is 8.98. The summed E-state index contributed by atoms with van der Waals surface area (Å²) in [6, 6.07) is 5.94. The Kier molecular flexibility index (Phi) is 4.18. The van der Waals surface area contributed by atoms with Crippen LogP contribution in [0.15, 0.2) is 18.2 Å². The normalized spacial score (nSPS) is 15.6. The van der Waals surface area contributed by atoms with E-state index in [4.69, 9.17) is 0 Å². The number of hydrogen-bond acceptors (Lipinski definition) is 7. The summed E-state index contributed by atoms with van der Waals surface area (Å²) in [5.74, 6) is 3.03. The number of anilines is 2. The minimum atomic E-state index is 0.345. The van der Waals surface area contributed by atoms with Gasteiger partial charge in [-0.05, 0) is 44.9 Å². The van der Waals surface area contributed by atoms with E-state index in [1.54, 1.807) is 0 Å². The van der Waals surface area contributed by atoms with Gasteiger partial charge in [-0.3, -0.25) is 0 Å². The molecule has 0 bridgehead atoms. The second-order valence-electron chi connectivity index (χ2n) is 7.13. The van der Waals surface area contributed by atoms with Crippen LogP contribution in [0, 0.1) is 13.8 Å². The highest BCUT2D eigenvalue weighted by atomic mass is 15.4. The molecule has 136 valence electrons. The van der Waals surface area contributed by atoms with Crippen LogP contribution in [0.25, 0.3) is 5.65 Å². The molecule has 0 unspecified atom stereocenters. The van der Waals surface area contributed by atoms with Gasteiger partial charge in [0, 0.05) is 44.5 Å². The van der Waals surface area contributed by atoms with Crippen molar-refractivity contribution in [3.05, 3.63) is 35.4 Å². The highest BCUT2D eigenvalue weighted by Gasteiger charge is 2.26. The number of aryl methyl sites for hydroxylation is 2. The predicted molar refractivity (Wildman–Crippen MR) is 101 cm³/mol. The molecular weight excluding hydrogens is 328 g/mol. The summed E-state index contributed by atoms with van der Waals surface area (Å²) < 4.78 is 1.89. The Balaban J connectivity index is 1.54. The van der Waals surface area contributed by atoms with Crippen molar-refractivity contribution in [2.45, 2.75) is 32.6 Å². The third-order valence-corrected chi connectivity index (χ3v) is 4.84. The number of rotatable bonds is 3. The molecule has 3 aromatic rings. The fourth-order valence-electron chi connectivity index (χ4n) is 3.48. The van der Waals surface area contributed by atoms with Crippen LogP contribution in [0.5, 0.6) is 0 Å². The summed E-state index contributed by atoms with van der Waals surface area (Å²) in [5, 5.41) is 13.4. The van der Waals surface area contributed by atoms with Crippen LogP contribution < -0.4 is 9.80 Å². The van der Waals surface area contributed by atoms with E-state index in [2.05, 4.69) is 30.2 Å². The average Bonchev–Trinajstić information content (AvgIpc) is 3.04. The van der Waals surface area contributed by atoms with Gasteiger partial charge >= 0.3 is 0 Å². The van der Waals surface area contributed by atoms with Gasteiger partial charge in [0.2, 0.25) is 5.95 Å². The van der Waals surface area contributed by atoms with Gasteiger partial charge in [-0.1, -0.05) is 0 Å². The number of nitrogens with zero attached hydrogens (tertiary/aromatic N) is 8. The lowest BCUT2D eigenvalue weighted by atomic mass is 9.96. The minimum Gasteiger partial charge on any atom is -0.361 e. The van der Waals surface area contributed by atoms with E-state index in [9.17, 15) is 0 Å². The summed E-state index contributed by atoms with van der Waals surface area (Å²) >= 11 is 0. The van der Waals surface area contributed by atoms with Crippen molar-refractivity contribution < 1.29 is 0 Å². The van der Waals surface area contributed by atoms with Crippen LogP contribution in [0.2, 0.25) is 0 Å². The third kappa shape index (κ3) is 3.07. The fourth-order valence-corrected chi connectivity index (χ4v) is 3.48. The van der Waals surface area contributed by atoms with Gasteiger partial charge < -0.3 is 9.80 Å². The molecule has 26 heavy (non-hydrogen) atoms. The SMILES string of the molecule is Cc1cc(C)nc(N2CCC(c3nnc4ccc(N(C)C)nn34)CC2)n1. The first-order chi connectivity index (χ1) is 12.5. The predicted octanol–water partition coefficient (Wildman–Crippen LogP) is 1.98. The molecule has 0 saturated carbocycles. The Bertz CT molecular complexity index is 904. The number of aromatic nitrogens is 6. The maximum Gasteiger partial charge on any atom is 0.225 e. The molecular formula is C18H24N8. The van der Waals surface area contributed by atoms with Crippen molar-refractivity contribution in [3.8, 4) is 0 Å². The number of piperidine rings is 1. The Hall–Kier alpha value is -2.77. The summed E-state index contributed by atoms with van der Waals surface area (Å²) in [6.07, 6.45) is 1.98. The van der Waals surface area contributed by atoms with Gasteiger partial charge in [-0.2, -0.15) is 4.52 Å². The van der Waals surface area contributed by atoms with Crippen LogP contribution in [-0.2, 0) is 0 Å².